The molecule has 0 unspecified atom stereocenters. The van der Waals surface area contributed by atoms with Gasteiger partial charge in [-0.05, 0) is 32.9 Å². The van der Waals surface area contributed by atoms with Crippen LogP contribution >= 0.6 is 0 Å². The normalized spacial score (nSPS) is 11.2. The fourth-order valence-corrected chi connectivity index (χ4v) is 3.21. The van der Waals surface area contributed by atoms with Crippen molar-refractivity contribution >= 4 is 17.8 Å². The van der Waals surface area contributed by atoms with Gasteiger partial charge in [-0.2, -0.15) is 0 Å². The van der Waals surface area contributed by atoms with E-state index in [-0.39, 0.29) is 32.0 Å². The van der Waals surface area contributed by atoms with Gasteiger partial charge in [-0.15, -0.1) is 5.10 Å². The summed E-state index contributed by atoms with van der Waals surface area (Å²) in [7, 11) is 0. The highest BCUT2D eigenvalue weighted by atomic mass is 16.6. The fraction of sp³-hybridized carbons (Fsp3) is 0.320. The molecule has 0 aliphatic heterocycles. The molecule has 3 aromatic rings. The second kappa shape index (κ2) is 10.8. The number of carbonyl (C=O) groups is 2. The SMILES string of the molecule is CC(C)(C)OC(=O)N(CCO)CCC(=O)Nc1cc(-c2ccccc2)n(-c2ccccc2)n1. The molecule has 2 N–H and O–H groups in total. The van der Waals surface area contributed by atoms with Crippen LogP contribution in [0.25, 0.3) is 16.9 Å². The van der Waals surface area contributed by atoms with Crippen molar-refractivity contribution in [3.8, 4) is 16.9 Å². The zero-order valence-corrected chi connectivity index (χ0v) is 19.2. The van der Waals surface area contributed by atoms with Crippen LogP contribution < -0.4 is 5.32 Å². The van der Waals surface area contributed by atoms with Crippen molar-refractivity contribution in [2.75, 3.05) is 25.0 Å². The van der Waals surface area contributed by atoms with Crippen molar-refractivity contribution in [2.24, 2.45) is 0 Å². The zero-order valence-electron chi connectivity index (χ0n) is 19.2. The third kappa shape index (κ3) is 6.92. The van der Waals surface area contributed by atoms with E-state index in [1.54, 1.807) is 25.5 Å². The summed E-state index contributed by atoms with van der Waals surface area (Å²) in [6.07, 6.45) is -0.526. The Hall–Kier alpha value is -3.65. The number of amides is 2. The molecular weight excluding hydrogens is 420 g/mol. The number of benzene rings is 2. The maximum atomic E-state index is 12.6. The molecule has 0 saturated carbocycles. The fourth-order valence-electron chi connectivity index (χ4n) is 3.21. The molecular formula is C25H30N4O4. The lowest BCUT2D eigenvalue weighted by molar-refractivity contribution is -0.116. The monoisotopic (exact) mass is 450 g/mol. The summed E-state index contributed by atoms with van der Waals surface area (Å²) in [6.45, 7) is 5.28. The first-order valence-electron chi connectivity index (χ1n) is 10.9. The first-order chi connectivity index (χ1) is 15.8. The van der Waals surface area contributed by atoms with Gasteiger partial charge in [0.15, 0.2) is 5.82 Å². The van der Waals surface area contributed by atoms with Crippen molar-refractivity contribution in [3.63, 3.8) is 0 Å². The van der Waals surface area contributed by atoms with Gasteiger partial charge in [0, 0.05) is 31.1 Å². The molecule has 0 saturated heterocycles. The molecule has 8 nitrogen and oxygen atoms in total. The highest BCUT2D eigenvalue weighted by molar-refractivity contribution is 5.90. The Bertz CT molecular complexity index is 1000. The van der Waals surface area contributed by atoms with Crippen LogP contribution in [-0.2, 0) is 9.53 Å². The smallest absolute Gasteiger partial charge is 0.410 e. The molecule has 2 aromatic carbocycles. The van der Waals surface area contributed by atoms with E-state index in [2.05, 4.69) is 10.4 Å². The number of nitrogens with one attached hydrogen (secondary N) is 1. The van der Waals surface area contributed by atoms with Crippen molar-refractivity contribution < 1.29 is 19.4 Å². The molecule has 0 aliphatic rings. The van der Waals surface area contributed by atoms with Gasteiger partial charge in [0.1, 0.15) is 5.60 Å². The van der Waals surface area contributed by atoms with Gasteiger partial charge < -0.3 is 20.1 Å². The van der Waals surface area contributed by atoms with Gasteiger partial charge in [-0.3, -0.25) is 4.79 Å². The van der Waals surface area contributed by atoms with Crippen LogP contribution in [0.4, 0.5) is 10.6 Å². The zero-order chi connectivity index (χ0) is 23.8. The average molecular weight is 451 g/mol. The number of aliphatic hydroxyl groups excluding tert-OH is 1. The van der Waals surface area contributed by atoms with Crippen LogP contribution in [0.3, 0.4) is 0 Å². The molecule has 0 atom stereocenters. The second-order valence-corrected chi connectivity index (χ2v) is 8.52. The van der Waals surface area contributed by atoms with E-state index in [9.17, 15) is 14.7 Å². The molecule has 0 fully saturated rings. The number of anilines is 1. The summed E-state index contributed by atoms with van der Waals surface area (Å²) in [4.78, 5) is 26.3. The topological polar surface area (TPSA) is 96.7 Å². The summed E-state index contributed by atoms with van der Waals surface area (Å²) in [5, 5.41) is 16.7. The number of hydrogen-bond donors (Lipinski definition) is 2. The molecule has 174 valence electrons. The number of hydrogen-bond acceptors (Lipinski definition) is 5. The van der Waals surface area contributed by atoms with E-state index >= 15 is 0 Å². The minimum Gasteiger partial charge on any atom is -0.444 e. The van der Waals surface area contributed by atoms with Crippen LogP contribution in [0.5, 0.6) is 0 Å². The van der Waals surface area contributed by atoms with Crippen LogP contribution in [-0.4, -0.2) is 57.1 Å². The Morgan fingerprint density at radius 3 is 2.27 bits per heavy atom. The average Bonchev–Trinajstić information content (AvgIpc) is 3.20. The van der Waals surface area contributed by atoms with Crippen molar-refractivity contribution in [1.82, 2.24) is 14.7 Å². The third-order valence-electron chi connectivity index (χ3n) is 4.68. The second-order valence-electron chi connectivity index (χ2n) is 8.52. The third-order valence-corrected chi connectivity index (χ3v) is 4.68. The van der Waals surface area contributed by atoms with Crippen LogP contribution in [0.15, 0.2) is 66.7 Å². The van der Waals surface area contributed by atoms with E-state index in [1.165, 1.54) is 4.90 Å². The van der Waals surface area contributed by atoms with E-state index in [0.717, 1.165) is 16.9 Å². The first kappa shape index (κ1) is 24.0. The molecule has 0 spiro atoms. The number of aromatic nitrogens is 2. The van der Waals surface area contributed by atoms with E-state index < -0.39 is 11.7 Å². The van der Waals surface area contributed by atoms with Crippen LogP contribution in [0.2, 0.25) is 0 Å². The Kier molecular flexibility index (Phi) is 7.84. The first-order valence-corrected chi connectivity index (χ1v) is 10.9. The number of aliphatic hydroxyl groups is 1. The largest absolute Gasteiger partial charge is 0.444 e. The lowest BCUT2D eigenvalue weighted by Crippen LogP contribution is -2.40. The molecule has 3 rings (SSSR count). The maximum absolute atomic E-state index is 12.6. The Balaban J connectivity index is 1.73. The molecule has 0 bridgehead atoms. The standard InChI is InChI=1S/C25H30N4O4/c1-25(2,3)33-24(32)28(16-17-30)15-14-23(31)26-22-18-21(19-10-6-4-7-11-19)29(27-22)20-12-8-5-9-13-20/h4-13,18,30H,14-17H2,1-3H3,(H,26,27,31). The van der Waals surface area contributed by atoms with Crippen molar-refractivity contribution in [1.29, 1.82) is 0 Å². The molecule has 0 radical (unpaired) electrons. The molecule has 0 aliphatic carbocycles. The molecule has 33 heavy (non-hydrogen) atoms. The molecule has 1 aromatic heterocycles. The highest BCUT2D eigenvalue weighted by Gasteiger charge is 2.22. The lowest BCUT2D eigenvalue weighted by Gasteiger charge is -2.26. The van der Waals surface area contributed by atoms with Gasteiger partial charge in [-0.25, -0.2) is 9.48 Å². The van der Waals surface area contributed by atoms with E-state index in [0.29, 0.717) is 5.82 Å². The maximum Gasteiger partial charge on any atom is 0.410 e. The number of para-hydroxylation sites is 1. The summed E-state index contributed by atoms with van der Waals surface area (Å²) < 4.78 is 7.13. The molecule has 1 heterocycles. The predicted octanol–water partition coefficient (Wildman–Crippen LogP) is 4.10. The minimum atomic E-state index is -0.662. The lowest BCUT2D eigenvalue weighted by atomic mass is 10.1. The predicted molar refractivity (Wildman–Crippen MR) is 127 cm³/mol. The highest BCUT2D eigenvalue weighted by Crippen LogP contribution is 2.26. The van der Waals surface area contributed by atoms with E-state index in [4.69, 9.17) is 4.74 Å². The Morgan fingerprint density at radius 2 is 1.67 bits per heavy atom. The van der Waals surface area contributed by atoms with Gasteiger partial charge >= 0.3 is 6.09 Å². The number of ether oxygens (including phenoxy) is 1. The van der Waals surface area contributed by atoms with Gasteiger partial charge in [-0.1, -0.05) is 48.5 Å². The van der Waals surface area contributed by atoms with E-state index in [1.807, 2.05) is 66.7 Å². The summed E-state index contributed by atoms with van der Waals surface area (Å²) in [5.41, 5.74) is 2.02. The molecule has 2 amide bonds. The summed E-state index contributed by atoms with van der Waals surface area (Å²) in [6, 6.07) is 21.3. The minimum absolute atomic E-state index is 0.0398. The Labute approximate surface area is 193 Å². The quantitative estimate of drug-likeness (QED) is 0.539. The number of rotatable bonds is 8. The number of nitrogens with zero attached hydrogens (tertiary/aromatic N) is 3. The van der Waals surface area contributed by atoms with Crippen LogP contribution in [0.1, 0.15) is 27.2 Å². The summed E-state index contributed by atoms with van der Waals surface area (Å²) in [5.74, 6) is 0.118. The van der Waals surface area contributed by atoms with Crippen LogP contribution in [0, 0.1) is 0 Å². The van der Waals surface area contributed by atoms with Crippen molar-refractivity contribution in [3.05, 3.63) is 66.7 Å². The van der Waals surface area contributed by atoms with Gasteiger partial charge in [0.2, 0.25) is 5.91 Å². The van der Waals surface area contributed by atoms with Gasteiger partial charge in [0.05, 0.1) is 18.0 Å². The van der Waals surface area contributed by atoms with Crippen molar-refractivity contribution in [2.45, 2.75) is 32.8 Å². The number of carbonyl (C=O) groups excluding carboxylic acids is 2. The Morgan fingerprint density at radius 1 is 1.03 bits per heavy atom. The summed E-state index contributed by atoms with van der Waals surface area (Å²) >= 11 is 0. The molecule has 8 heteroatoms. The van der Waals surface area contributed by atoms with Gasteiger partial charge in [0.25, 0.3) is 0 Å².